The second kappa shape index (κ2) is 4.80. The molecule has 0 aromatic carbocycles. The molecule has 86 valence electrons. The summed E-state index contributed by atoms with van der Waals surface area (Å²) in [4.78, 5) is 14.8. The fourth-order valence-corrected chi connectivity index (χ4v) is 2.13. The highest BCUT2D eigenvalue weighted by Crippen LogP contribution is 2.25. The number of piperidine rings is 1. The minimum atomic E-state index is -1.03. The van der Waals surface area contributed by atoms with Crippen LogP contribution in [0.4, 0.5) is 0 Å². The predicted molar refractivity (Wildman–Crippen MR) is 60.8 cm³/mol. The van der Waals surface area contributed by atoms with Gasteiger partial charge in [0.05, 0.1) is 5.56 Å². The molecular weight excluding hydrogens is 228 g/mol. The van der Waals surface area contributed by atoms with Crippen molar-refractivity contribution in [2.24, 2.45) is 0 Å². The molecule has 1 aromatic rings. The largest absolute Gasteiger partial charge is 0.478 e. The van der Waals surface area contributed by atoms with Crippen LogP contribution in [0.15, 0.2) is 12.3 Å². The maximum atomic E-state index is 10.9. The second-order valence-electron chi connectivity index (χ2n) is 3.91. The smallest absolute Gasteiger partial charge is 0.338 e. The number of hydrogen-bond acceptors (Lipinski definition) is 3. The van der Waals surface area contributed by atoms with E-state index in [1.54, 1.807) is 12.3 Å². The van der Waals surface area contributed by atoms with Gasteiger partial charge >= 0.3 is 5.97 Å². The Morgan fingerprint density at radius 3 is 3.00 bits per heavy atom. The van der Waals surface area contributed by atoms with Crippen molar-refractivity contribution in [1.82, 2.24) is 10.3 Å². The zero-order valence-electron chi connectivity index (χ0n) is 8.74. The molecule has 0 spiro atoms. The van der Waals surface area contributed by atoms with Gasteiger partial charge in [-0.3, -0.25) is 0 Å². The summed E-state index contributed by atoms with van der Waals surface area (Å²) in [5.74, 6) is -1.03. The first-order valence-corrected chi connectivity index (χ1v) is 5.68. The van der Waals surface area contributed by atoms with E-state index in [2.05, 4.69) is 10.3 Å². The van der Waals surface area contributed by atoms with E-state index >= 15 is 0 Å². The van der Waals surface area contributed by atoms with Crippen LogP contribution in [0.3, 0.4) is 0 Å². The molecule has 16 heavy (non-hydrogen) atoms. The molecule has 2 rings (SSSR count). The molecule has 0 bridgehead atoms. The summed E-state index contributed by atoms with van der Waals surface area (Å²) in [6.45, 7) is 0.968. The van der Waals surface area contributed by atoms with Crippen molar-refractivity contribution in [3.8, 4) is 0 Å². The van der Waals surface area contributed by atoms with E-state index in [9.17, 15) is 4.79 Å². The molecule has 4 nitrogen and oxygen atoms in total. The van der Waals surface area contributed by atoms with Crippen molar-refractivity contribution in [2.75, 3.05) is 6.54 Å². The summed E-state index contributed by atoms with van der Waals surface area (Å²) in [5.41, 5.74) is 0.980. The Labute approximate surface area is 98.6 Å². The molecule has 2 N–H and O–H groups in total. The van der Waals surface area contributed by atoms with Crippen molar-refractivity contribution >= 4 is 17.6 Å². The van der Waals surface area contributed by atoms with Gasteiger partial charge in [0.1, 0.15) is 5.15 Å². The van der Waals surface area contributed by atoms with Crippen molar-refractivity contribution in [3.63, 3.8) is 0 Å². The molecule has 5 heteroatoms. The summed E-state index contributed by atoms with van der Waals surface area (Å²) in [5, 5.41) is 12.3. The molecule has 0 saturated carbocycles. The van der Waals surface area contributed by atoms with Gasteiger partial charge in [-0.1, -0.05) is 18.0 Å². The number of nitrogens with one attached hydrogen (secondary N) is 1. The van der Waals surface area contributed by atoms with Crippen LogP contribution in [-0.4, -0.2) is 22.6 Å². The Bertz CT molecular complexity index is 403. The first-order chi connectivity index (χ1) is 7.68. The summed E-state index contributed by atoms with van der Waals surface area (Å²) in [7, 11) is 0. The normalized spacial score (nSPS) is 20.7. The van der Waals surface area contributed by atoms with E-state index in [1.165, 1.54) is 6.42 Å². The van der Waals surface area contributed by atoms with Crippen LogP contribution in [0.5, 0.6) is 0 Å². The van der Waals surface area contributed by atoms with Crippen LogP contribution in [-0.2, 0) is 0 Å². The van der Waals surface area contributed by atoms with Gasteiger partial charge in [0, 0.05) is 12.2 Å². The SMILES string of the molecule is O=C(O)c1cc(C2CCCCN2)cnc1Cl. The van der Waals surface area contributed by atoms with E-state index in [0.29, 0.717) is 0 Å². The lowest BCUT2D eigenvalue weighted by Crippen LogP contribution is -2.27. The number of pyridine rings is 1. The van der Waals surface area contributed by atoms with Gasteiger partial charge < -0.3 is 10.4 Å². The van der Waals surface area contributed by atoms with Crippen molar-refractivity contribution in [3.05, 3.63) is 28.5 Å². The number of carboxylic acids is 1. The Balaban J connectivity index is 2.27. The second-order valence-corrected chi connectivity index (χ2v) is 4.27. The standard InChI is InChI=1S/C11H13ClN2O2/c12-10-8(11(15)16)5-7(6-14-10)9-3-1-2-4-13-9/h5-6,9,13H,1-4H2,(H,15,16). The maximum Gasteiger partial charge on any atom is 0.338 e. The number of carboxylic acid groups (broad SMARTS) is 1. The average molecular weight is 241 g/mol. The third kappa shape index (κ3) is 2.33. The van der Waals surface area contributed by atoms with E-state index < -0.39 is 5.97 Å². The molecule has 0 amide bonds. The van der Waals surface area contributed by atoms with Crippen LogP contribution in [0.25, 0.3) is 0 Å². The van der Waals surface area contributed by atoms with Crippen LogP contribution in [0.1, 0.15) is 41.2 Å². The van der Waals surface area contributed by atoms with E-state index in [4.69, 9.17) is 16.7 Å². The highest BCUT2D eigenvalue weighted by Gasteiger charge is 2.18. The van der Waals surface area contributed by atoms with E-state index in [1.807, 2.05) is 0 Å². The lowest BCUT2D eigenvalue weighted by atomic mass is 9.98. The first-order valence-electron chi connectivity index (χ1n) is 5.30. The Morgan fingerprint density at radius 1 is 1.56 bits per heavy atom. The number of aromatic nitrogens is 1. The molecule has 0 radical (unpaired) electrons. The fourth-order valence-electron chi connectivity index (χ4n) is 1.94. The molecular formula is C11H13ClN2O2. The van der Waals surface area contributed by atoms with Crippen molar-refractivity contribution < 1.29 is 9.90 Å². The molecule has 0 aliphatic carbocycles. The van der Waals surface area contributed by atoms with Crippen LogP contribution >= 0.6 is 11.6 Å². The Morgan fingerprint density at radius 2 is 2.38 bits per heavy atom. The fraction of sp³-hybridized carbons (Fsp3) is 0.455. The maximum absolute atomic E-state index is 10.9. The van der Waals surface area contributed by atoms with Gasteiger partial charge in [0.2, 0.25) is 0 Å². The minimum absolute atomic E-state index is 0.0482. The van der Waals surface area contributed by atoms with Gasteiger partial charge in [0.25, 0.3) is 0 Å². The van der Waals surface area contributed by atoms with Crippen LogP contribution in [0, 0.1) is 0 Å². The Hall–Kier alpha value is -1.13. The zero-order chi connectivity index (χ0) is 11.5. The van der Waals surface area contributed by atoms with Gasteiger partial charge in [-0.25, -0.2) is 9.78 Å². The highest BCUT2D eigenvalue weighted by molar-refractivity contribution is 6.32. The topological polar surface area (TPSA) is 62.2 Å². The lowest BCUT2D eigenvalue weighted by molar-refractivity contribution is 0.0696. The Kier molecular flexibility index (Phi) is 3.41. The lowest BCUT2D eigenvalue weighted by Gasteiger charge is -2.23. The molecule has 1 atom stereocenters. The van der Waals surface area contributed by atoms with Gasteiger partial charge in [-0.05, 0) is 31.0 Å². The quantitative estimate of drug-likeness (QED) is 0.779. The van der Waals surface area contributed by atoms with Gasteiger partial charge in [-0.2, -0.15) is 0 Å². The molecule has 1 aliphatic heterocycles. The van der Waals surface area contributed by atoms with Crippen molar-refractivity contribution in [1.29, 1.82) is 0 Å². The number of hydrogen-bond donors (Lipinski definition) is 2. The van der Waals surface area contributed by atoms with E-state index in [0.717, 1.165) is 24.9 Å². The van der Waals surface area contributed by atoms with Crippen molar-refractivity contribution in [2.45, 2.75) is 25.3 Å². The number of rotatable bonds is 2. The van der Waals surface area contributed by atoms with Crippen LogP contribution < -0.4 is 5.32 Å². The molecule has 1 saturated heterocycles. The number of nitrogens with zero attached hydrogens (tertiary/aromatic N) is 1. The monoisotopic (exact) mass is 240 g/mol. The summed E-state index contributed by atoms with van der Waals surface area (Å²) >= 11 is 5.72. The summed E-state index contributed by atoms with van der Waals surface area (Å²) in [6, 6.07) is 1.82. The molecule has 1 aliphatic rings. The average Bonchev–Trinajstić information content (AvgIpc) is 2.30. The molecule has 1 fully saturated rings. The number of carbonyl (C=O) groups is 1. The third-order valence-corrected chi connectivity index (χ3v) is 3.10. The highest BCUT2D eigenvalue weighted by atomic mass is 35.5. The predicted octanol–water partition coefficient (Wildman–Crippen LogP) is 2.25. The number of halogens is 1. The van der Waals surface area contributed by atoms with E-state index in [-0.39, 0.29) is 16.8 Å². The van der Waals surface area contributed by atoms with Gasteiger partial charge in [0.15, 0.2) is 0 Å². The van der Waals surface area contributed by atoms with Gasteiger partial charge in [-0.15, -0.1) is 0 Å². The molecule has 1 aromatic heterocycles. The summed E-state index contributed by atoms with van der Waals surface area (Å²) < 4.78 is 0. The zero-order valence-corrected chi connectivity index (χ0v) is 9.50. The van der Waals surface area contributed by atoms with Crippen LogP contribution in [0.2, 0.25) is 5.15 Å². The third-order valence-electron chi connectivity index (χ3n) is 2.80. The molecule has 2 heterocycles. The summed E-state index contributed by atoms with van der Waals surface area (Å²) in [6.07, 6.45) is 4.99. The number of aromatic carboxylic acids is 1. The molecule has 1 unspecified atom stereocenters. The minimum Gasteiger partial charge on any atom is -0.478 e. The first kappa shape index (κ1) is 11.4.